The molecule has 7 heteroatoms. The van der Waals surface area contributed by atoms with Crippen molar-refractivity contribution in [2.45, 2.75) is 39.2 Å². The molecule has 2 N–H and O–H groups in total. The van der Waals surface area contributed by atoms with E-state index in [-0.39, 0.29) is 22.3 Å². The lowest BCUT2D eigenvalue weighted by Crippen LogP contribution is -2.43. The van der Waals surface area contributed by atoms with Crippen LogP contribution < -0.4 is 15.6 Å². The van der Waals surface area contributed by atoms with E-state index >= 15 is 0 Å². The molecule has 1 saturated carbocycles. The molecule has 1 aromatic heterocycles. The summed E-state index contributed by atoms with van der Waals surface area (Å²) in [6.45, 7) is 4.45. The van der Waals surface area contributed by atoms with E-state index in [9.17, 15) is 9.59 Å². The van der Waals surface area contributed by atoms with Crippen molar-refractivity contribution in [3.63, 3.8) is 0 Å². The molecule has 162 valence electrons. The molecule has 1 fully saturated rings. The average Bonchev–Trinajstić information content (AvgIpc) is 2.77. The van der Waals surface area contributed by atoms with Crippen LogP contribution in [0.4, 0.5) is 0 Å². The Balaban J connectivity index is 1.66. The molecular formula is C24H27N3O3S. The van der Waals surface area contributed by atoms with Gasteiger partial charge in [-0.15, -0.1) is 0 Å². The first kappa shape index (κ1) is 21.3. The zero-order chi connectivity index (χ0) is 22.1. The Morgan fingerprint density at radius 3 is 2.61 bits per heavy atom. The largest absolute Gasteiger partial charge is 0.497 e. The molecule has 1 amide bonds. The average molecular weight is 438 g/mol. The number of rotatable bonds is 4. The van der Waals surface area contributed by atoms with E-state index in [0.29, 0.717) is 39.7 Å². The number of nitrogens with zero attached hydrogens (tertiary/aromatic N) is 1. The molecule has 0 bridgehead atoms. The third kappa shape index (κ3) is 4.14. The number of hydrogen-bond donors (Lipinski definition) is 2. The lowest BCUT2D eigenvalue weighted by Gasteiger charge is -2.34. The van der Waals surface area contributed by atoms with Crippen molar-refractivity contribution in [3.05, 3.63) is 63.2 Å². The highest BCUT2D eigenvalue weighted by molar-refractivity contribution is 7.71. The Morgan fingerprint density at radius 2 is 1.90 bits per heavy atom. The number of methoxy groups -OCH3 is 1. The van der Waals surface area contributed by atoms with Crippen molar-refractivity contribution < 1.29 is 9.53 Å². The van der Waals surface area contributed by atoms with Crippen LogP contribution in [0.3, 0.4) is 0 Å². The second-order valence-electron chi connectivity index (χ2n) is 8.38. The predicted octanol–water partition coefficient (Wildman–Crippen LogP) is 4.61. The van der Waals surface area contributed by atoms with Crippen LogP contribution in [-0.4, -0.2) is 28.6 Å². The van der Waals surface area contributed by atoms with Crippen molar-refractivity contribution in [2.24, 2.45) is 11.8 Å². The maximum absolute atomic E-state index is 13.1. The molecule has 1 heterocycles. The van der Waals surface area contributed by atoms with Gasteiger partial charge in [-0.3, -0.25) is 14.2 Å². The molecule has 0 saturated heterocycles. The van der Waals surface area contributed by atoms with Gasteiger partial charge in [-0.05, 0) is 72.9 Å². The third-order valence-electron chi connectivity index (χ3n) is 6.51. The third-order valence-corrected chi connectivity index (χ3v) is 6.80. The summed E-state index contributed by atoms with van der Waals surface area (Å²) in [7, 11) is 1.59. The fraction of sp³-hybridized carbons (Fsp3) is 0.375. The van der Waals surface area contributed by atoms with Crippen molar-refractivity contribution in [1.82, 2.24) is 14.9 Å². The van der Waals surface area contributed by atoms with E-state index in [1.807, 2.05) is 0 Å². The van der Waals surface area contributed by atoms with E-state index in [4.69, 9.17) is 17.0 Å². The maximum atomic E-state index is 13.1. The van der Waals surface area contributed by atoms with Gasteiger partial charge in [0.25, 0.3) is 11.5 Å². The van der Waals surface area contributed by atoms with Crippen LogP contribution >= 0.6 is 12.2 Å². The molecule has 3 unspecified atom stereocenters. The topological polar surface area (TPSA) is 76.1 Å². The van der Waals surface area contributed by atoms with Gasteiger partial charge in [0.15, 0.2) is 4.77 Å². The molecule has 0 spiro atoms. The smallest absolute Gasteiger partial charge is 0.266 e. The summed E-state index contributed by atoms with van der Waals surface area (Å²) >= 11 is 5.45. The van der Waals surface area contributed by atoms with E-state index < -0.39 is 0 Å². The molecule has 1 aliphatic carbocycles. The molecule has 31 heavy (non-hydrogen) atoms. The lowest BCUT2D eigenvalue weighted by molar-refractivity contribution is 0.0891. The number of carbonyl (C=O) groups excluding carboxylic acids is 1. The van der Waals surface area contributed by atoms with Gasteiger partial charge in [-0.1, -0.05) is 26.7 Å². The first-order chi connectivity index (χ1) is 14.9. The Morgan fingerprint density at radius 1 is 1.16 bits per heavy atom. The summed E-state index contributed by atoms with van der Waals surface area (Å²) in [6, 6.07) is 12.4. The van der Waals surface area contributed by atoms with Gasteiger partial charge in [0.2, 0.25) is 0 Å². The molecule has 0 radical (unpaired) electrons. The van der Waals surface area contributed by atoms with Crippen LogP contribution in [0.15, 0.2) is 47.3 Å². The number of nitrogens with one attached hydrogen (secondary N) is 2. The lowest BCUT2D eigenvalue weighted by atomic mass is 9.78. The number of H-pyrrole nitrogens is 1. The SMILES string of the molecule is COc1ccc(-n2c(=S)[nH]c3cc(C(=O)NC4CCCC(C)C4C)ccc3c2=O)cc1. The van der Waals surface area contributed by atoms with Gasteiger partial charge in [0.1, 0.15) is 5.75 Å². The van der Waals surface area contributed by atoms with Crippen LogP contribution in [0, 0.1) is 16.6 Å². The van der Waals surface area contributed by atoms with E-state index in [0.717, 1.165) is 12.8 Å². The number of benzene rings is 2. The van der Waals surface area contributed by atoms with Crippen LogP contribution in [0.25, 0.3) is 16.6 Å². The van der Waals surface area contributed by atoms with E-state index in [1.165, 1.54) is 11.0 Å². The number of ether oxygens (including phenoxy) is 1. The second kappa shape index (κ2) is 8.67. The molecule has 3 atom stereocenters. The number of hydrogen-bond acceptors (Lipinski definition) is 4. The zero-order valence-corrected chi connectivity index (χ0v) is 18.8. The molecule has 2 aromatic carbocycles. The highest BCUT2D eigenvalue weighted by atomic mass is 32.1. The standard InChI is InChI=1S/C24H27N3O3S/c1-14-5-4-6-20(15(14)2)25-22(28)16-7-12-19-21(13-16)26-24(31)27(23(19)29)17-8-10-18(30-3)11-9-17/h7-15,20H,4-6H2,1-3H3,(H,25,28)(H,26,31). The van der Waals surface area contributed by atoms with E-state index in [1.54, 1.807) is 49.6 Å². The molecule has 3 aromatic rings. The zero-order valence-electron chi connectivity index (χ0n) is 18.0. The fourth-order valence-electron chi connectivity index (χ4n) is 4.36. The fourth-order valence-corrected chi connectivity index (χ4v) is 4.66. The van der Waals surface area contributed by atoms with Crippen molar-refractivity contribution in [3.8, 4) is 11.4 Å². The Bertz CT molecular complexity index is 1230. The minimum Gasteiger partial charge on any atom is -0.497 e. The summed E-state index contributed by atoms with van der Waals surface area (Å²) in [5.74, 6) is 1.63. The number of aromatic nitrogens is 2. The van der Waals surface area contributed by atoms with Crippen molar-refractivity contribution >= 4 is 29.0 Å². The number of fused-ring (bicyclic) bond motifs is 1. The normalized spacial score (nSPS) is 21.1. The van der Waals surface area contributed by atoms with Crippen LogP contribution in [-0.2, 0) is 0 Å². The monoisotopic (exact) mass is 437 g/mol. The molecule has 1 aliphatic rings. The van der Waals surface area contributed by atoms with Crippen molar-refractivity contribution in [1.29, 1.82) is 0 Å². The van der Waals surface area contributed by atoms with Gasteiger partial charge < -0.3 is 15.0 Å². The van der Waals surface area contributed by atoms with E-state index in [2.05, 4.69) is 24.1 Å². The van der Waals surface area contributed by atoms with Gasteiger partial charge in [0, 0.05) is 11.6 Å². The van der Waals surface area contributed by atoms with Crippen LogP contribution in [0.2, 0.25) is 0 Å². The summed E-state index contributed by atoms with van der Waals surface area (Å²) in [6.07, 6.45) is 3.34. The van der Waals surface area contributed by atoms with Gasteiger partial charge >= 0.3 is 0 Å². The maximum Gasteiger partial charge on any atom is 0.266 e. The highest BCUT2D eigenvalue weighted by Crippen LogP contribution is 2.29. The number of aromatic amines is 1. The second-order valence-corrected chi connectivity index (χ2v) is 8.76. The summed E-state index contributed by atoms with van der Waals surface area (Å²) in [5.41, 5.74) is 1.49. The Kier molecular flexibility index (Phi) is 5.96. The Hall–Kier alpha value is -2.93. The van der Waals surface area contributed by atoms with Crippen molar-refractivity contribution in [2.75, 3.05) is 7.11 Å². The summed E-state index contributed by atoms with van der Waals surface area (Å²) in [4.78, 5) is 29.1. The minimum absolute atomic E-state index is 0.119. The summed E-state index contributed by atoms with van der Waals surface area (Å²) < 4.78 is 6.90. The molecular weight excluding hydrogens is 410 g/mol. The highest BCUT2D eigenvalue weighted by Gasteiger charge is 2.28. The Labute approximate surface area is 186 Å². The first-order valence-electron chi connectivity index (χ1n) is 10.6. The molecule has 4 rings (SSSR count). The number of amides is 1. The van der Waals surface area contributed by atoms with Gasteiger partial charge in [-0.25, -0.2) is 0 Å². The van der Waals surface area contributed by atoms with Gasteiger partial charge in [0.05, 0.1) is 23.7 Å². The van der Waals surface area contributed by atoms with Crippen LogP contribution in [0.1, 0.15) is 43.5 Å². The predicted molar refractivity (Wildman–Crippen MR) is 125 cm³/mol. The van der Waals surface area contributed by atoms with Gasteiger partial charge in [-0.2, -0.15) is 0 Å². The molecule has 0 aliphatic heterocycles. The minimum atomic E-state index is -0.231. The van der Waals surface area contributed by atoms with Crippen LogP contribution in [0.5, 0.6) is 5.75 Å². The quantitative estimate of drug-likeness (QED) is 0.585. The summed E-state index contributed by atoms with van der Waals surface area (Å²) in [5, 5.41) is 3.66. The molecule has 6 nitrogen and oxygen atoms in total. The first-order valence-corrected chi connectivity index (χ1v) is 11.0. The number of carbonyl (C=O) groups is 1.